The molecule has 29 heavy (non-hydrogen) atoms. The maximum atomic E-state index is 13.2. The second-order valence-corrected chi connectivity index (χ2v) is 7.34. The summed E-state index contributed by atoms with van der Waals surface area (Å²) < 4.78 is 10.9. The fraction of sp³-hybridized carbons (Fsp3) is 0.409. The van der Waals surface area contributed by atoms with Crippen LogP contribution in [0.2, 0.25) is 0 Å². The molecule has 2 amide bonds. The molecule has 0 saturated heterocycles. The Morgan fingerprint density at radius 1 is 1.21 bits per heavy atom. The maximum Gasteiger partial charge on any atom is 0.427 e. The van der Waals surface area contributed by atoms with E-state index in [4.69, 9.17) is 9.15 Å². The standard InChI is InChI=1S/C22H25N3O4/c1-3-28-22(27)24-23-17-9-6-10-18-19(17)14(2)20(29-18)21(26)25-12-11-15-7-4-5-8-16(15)13-25/h4-5,7-8H,3,6,9-13H2,1-2H3,(H,24,27)/b23-17+. The van der Waals surface area contributed by atoms with Crippen LogP contribution < -0.4 is 5.43 Å². The van der Waals surface area contributed by atoms with Crippen LogP contribution in [0.5, 0.6) is 0 Å². The monoisotopic (exact) mass is 395 g/mol. The average molecular weight is 395 g/mol. The third-order valence-corrected chi connectivity index (χ3v) is 5.50. The van der Waals surface area contributed by atoms with E-state index in [2.05, 4.69) is 22.7 Å². The Hall–Kier alpha value is -3.09. The van der Waals surface area contributed by atoms with Gasteiger partial charge in [0.25, 0.3) is 5.91 Å². The number of benzene rings is 1. The van der Waals surface area contributed by atoms with Crippen molar-refractivity contribution in [2.24, 2.45) is 5.10 Å². The van der Waals surface area contributed by atoms with E-state index in [9.17, 15) is 9.59 Å². The highest BCUT2D eigenvalue weighted by Crippen LogP contribution is 2.31. The van der Waals surface area contributed by atoms with Crippen molar-refractivity contribution in [2.75, 3.05) is 13.2 Å². The number of nitrogens with zero attached hydrogens (tertiary/aromatic N) is 2. The van der Waals surface area contributed by atoms with Crippen LogP contribution in [0.3, 0.4) is 0 Å². The van der Waals surface area contributed by atoms with Gasteiger partial charge in [-0.3, -0.25) is 4.79 Å². The second-order valence-electron chi connectivity index (χ2n) is 7.34. The zero-order chi connectivity index (χ0) is 20.4. The van der Waals surface area contributed by atoms with Gasteiger partial charge in [0, 0.05) is 30.6 Å². The van der Waals surface area contributed by atoms with E-state index in [1.807, 2.05) is 24.0 Å². The summed E-state index contributed by atoms with van der Waals surface area (Å²) in [4.78, 5) is 26.6. The van der Waals surface area contributed by atoms with Crippen LogP contribution in [0.1, 0.15) is 58.3 Å². The molecule has 1 aromatic carbocycles. The summed E-state index contributed by atoms with van der Waals surface area (Å²) in [6, 6.07) is 8.23. The molecule has 2 aromatic rings. The zero-order valence-corrected chi connectivity index (χ0v) is 16.8. The molecule has 2 aliphatic rings. The molecule has 7 nitrogen and oxygen atoms in total. The molecule has 0 saturated carbocycles. The summed E-state index contributed by atoms with van der Waals surface area (Å²) in [7, 11) is 0. The molecule has 2 heterocycles. The van der Waals surface area contributed by atoms with Crippen molar-refractivity contribution in [3.8, 4) is 0 Å². The van der Waals surface area contributed by atoms with Crippen LogP contribution in [-0.4, -0.2) is 35.8 Å². The molecule has 7 heteroatoms. The predicted molar refractivity (Wildman–Crippen MR) is 108 cm³/mol. The lowest BCUT2D eigenvalue weighted by Crippen LogP contribution is -2.36. The topological polar surface area (TPSA) is 84.1 Å². The third-order valence-electron chi connectivity index (χ3n) is 5.50. The number of furan rings is 1. The lowest BCUT2D eigenvalue weighted by Gasteiger charge is -2.28. The van der Waals surface area contributed by atoms with Crippen LogP contribution in [0, 0.1) is 6.92 Å². The molecule has 0 atom stereocenters. The SMILES string of the molecule is CCOC(=O)N/N=C1\CCCc2oc(C(=O)N3CCc4ccccc4C3)c(C)c21. The molecule has 1 aromatic heterocycles. The van der Waals surface area contributed by atoms with Crippen molar-refractivity contribution in [2.45, 2.75) is 46.1 Å². The lowest BCUT2D eigenvalue weighted by atomic mass is 9.93. The maximum absolute atomic E-state index is 13.2. The first kappa shape index (κ1) is 19.2. The highest BCUT2D eigenvalue weighted by molar-refractivity contribution is 6.06. The van der Waals surface area contributed by atoms with Gasteiger partial charge in [0.15, 0.2) is 5.76 Å². The van der Waals surface area contributed by atoms with Gasteiger partial charge in [-0.1, -0.05) is 24.3 Å². The van der Waals surface area contributed by atoms with Crippen molar-refractivity contribution in [3.63, 3.8) is 0 Å². The number of nitrogens with one attached hydrogen (secondary N) is 1. The summed E-state index contributed by atoms with van der Waals surface area (Å²) in [6.07, 6.45) is 2.58. The van der Waals surface area contributed by atoms with Crippen LogP contribution in [0.25, 0.3) is 0 Å². The number of hydrazone groups is 1. The Morgan fingerprint density at radius 2 is 2.00 bits per heavy atom. The minimum atomic E-state index is -0.587. The van der Waals surface area contributed by atoms with Gasteiger partial charge in [-0.25, -0.2) is 10.2 Å². The normalized spacial score (nSPS) is 16.9. The summed E-state index contributed by atoms with van der Waals surface area (Å²) in [5.41, 5.74) is 7.26. The molecule has 1 aliphatic carbocycles. The Balaban J connectivity index is 1.58. The van der Waals surface area contributed by atoms with E-state index in [-0.39, 0.29) is 12.5 Å². The van der Waals surface area contributed by atoms with E-state index in [0.29, 0.717) is 25.3 Å². The van der Waals surface area contributed by atoms with Gasteiger partial charge in [-0.2, -0.15) is 5.10 Å². The smallest absolute Gasteiger partial charge is 0.427 e. The van der Waals surface area contributed by atoms with Crippen LogP contribution in [0.15, 0.2) is 33.8 Å². The number of ether oxygens (including phenoxy) is 1. The summed E-state index contributed by atoms with van der Waals surface area (Å²) in [6.45, 7) is 5.17. The van der Waals surface area contributed by atoms with E-state index in [1.165, 1.54) is 11.1 Å². The fourth-order valence-corrected chi connectivity index (χ4v) is 4.07. The van der Waals surface area contributed by atoms with Gasteiger partial charge in [0.2, 0.25) is 0 Å². The number of aryl methyl sites for hydroxylation is 1. The number of carbonyl (C=O) groups excluding carboxylic acids is 2. The fourth-order valence-electron chi connectivity index (χ4n) is 4.07. The van der Waals surface area contributed by atoms with Gasteiger partial charge < -0.3 is 14.1 Å². The molecule has 0 bridgehead atoms. The van der Waals surface area contributed by atoms with Gasteiger partial charge in [-0.15, -0.1) is 0 Å². The minimum absolute atomic E-state index is 0.0934. The number of rotatable bonds is 3. The van der Waals surface area contributed by atoms with Crippen LogP contribution in [-0.2, 0) is 24.1 Å². The molecule has 0 unspecified atom stereocenters. The van der Waals surface area contributed by atoms with Crippen molar-refractivity contribution in [1.29, 1.82) is 0 Å². The molecule has 1 aliphatic heterocycles. The zero-order valence-electron chi connectivity index (χ0n) is 16.8. The molecular formula is C22H25N3O4. The molecule has 0 fully saturated rings. The van der Waals surface area contributed by atoms with E-state index in [1.54, 1.807) is 6.92 Å². The highest BCUT2D eigenvalue weighted by Gasteiger charge is 2.31. The minimum Gasteiger partial charge on any atom is -0.455 e. The second kappa shape index (κ2) is 8.11. The van der Waals surface area contributed by atoms with Crippen molar-refractivity contribution >= 4 is 17.7 Å². The Morgan fingerprint density at radius 3 is 2.79 bits per heavy atom. The summed E-state index contributed by atoms with van der Waals surface area (Å²) >= 11 is 0. The Labute approximate surface area is 169 Å². The summed E-state index contributed by atoms with van der Waals surface area (Å²) in [5.74, 6) is 1.04. The number of amides is 2. The van der Waals surface area contributed by atoms with Crippen LogP contribution >= 0.6 is 0 Å². The molecule has 4 rings (SSSR count). The van der Waals surface area contributed by atoms with Gasteiger partial charge in [0.05, 0.1) is 12.3 Å². The first-order valence-corrected chi connectivity index (χ1v) is 10.1. The lowest BCUT2D eigenvalue weighted by molar-refractivity contribution is 0.0699. The first-order chi connectivity index (χ1) is 14.1. The van der Waals surface area contributed by atoms with E-state index < -0.39 is 6.09 Å². The highest BCUT2D eigenvalue weighted by atomic mass is 16.5. The van der Waals surface area contributed by atoms with Crippen molar-refractivity contribution < 1.29 is 18.7 Å². The number of hydrogen-bond acceptors (Lipinski definition) is 5. The van der Waals surface area contributed by atoms with Gasteiger partial charge >= 0.3 is 6.09 Å². The van der Waals surface area contributed by atoms with E-state index in [0.717, 1.165) is 41.9 Å². The van der Waals surface area contributed by atoms with Crippen LogP contribution in [0.4, 0.5) is 4.79 Å². The Bertz CT molecular complexity index is 976. The largest absolute Gasteiger partial charge is 0.455 e. The molecule has 1 N–H and O–H groups in total. The molecule has 0 spiro atoms. The van der Waals surface area contributed by atoms with Crippen molar-refractivity contribution in [1.82, 2.24) is 10.3 Å². The average Bonchev–Trinajstić information content (AvgIpc) is 3.08. The summed E-state index contributed by atoms with van der Waals surface area (Å²) in [5, 5.41) is 4.23. The molecule has 0 radical (unpaired) electrons. The van der Waals surface area contributed by atoms with Gasteiger partial charge in [-0.05, 0) is 44.2 Å². The quantitative estimate of drug-likeness (QED) is 0.805. The Kier molecular flexibility index (Phi) is 5.38. The number of fused-ring (bicyclic) bond motifs is 2. The number of carbonyl (C=O) groups is 2. The first-order valence-electron chi connectivity index (χ1n) is 10.1. The number of hydrogen-bond donors (Lipinski definition) is 1. The van der Waals surface area contributed by atoms with E-state index >= 15 is 0 Å². The predicted octanol–water partition coefficient (Wildman–Crippen LogP) is 3.57. The van der Waals surface area contributed by atoms with Gasteiger partial charge in [0.1, 0.15) is 5.76 Å². The molecule has 152 valence electrons. The molecular weight excluding hydrogens is 370 g/mol. The third kappa shape index (κ3) is 3.77. The van der Waals surface area contributed by atoms with Crippen molar-refractivity contribution in [3.05, 3.63) is 58.0 Å².